The fraction of sp³-hybridized carbons (Fsp3) is 0.290. The molecule has 2 amide bonds. The average molecular weight is 593 g/mol. The van der Waals surface area contributed by atoms with E-state index in [9.17, 15) is 14.7 Å². The zero-order chi connectivity index (χ0) is 29.2. The lowest BCUT2D eigenvalue weighted by Gasteiger charge is -2.07. The highest BCUT2D eigenvalue weighted by atomic mass is 35.5. The minimum absolute atomic E-state index is 0.0113. The van der Waals surface area contributed by atoms with Gasteiger partial charge in [-0.3, -0.25) is 0 Å². The van der Waals surface area contributed by atoms with E-state index in [2.05, 4.69) is 22.5 Å². The maximum atomic E-state index is 12.5. The van der Waals surface area contributed by atoms with Crippen molar-refractivity contribution in [2.75, 3.05) is 11.1 Å². The van der Waals surface area contributed by atoms with Gasteiger partial charge < -0.3 is 20.1 Å². The number of nitrogens with zero attached hydrogens (tertiary/aromatic N) is 3. The van der Waals surface area contributed by atoms with Crippen LogP contribution in [0, 0.1) is 0 Å². The molecule has 0 spiro atoms. The van der Waals surface area contributed by atoms with Crippen LogP contribution in [0.25, 0.3) is 10.9 Å². The zero-order valence-corrected chi connectivity index (χ0v) is 24.4. The van der Waals surface area contributed by atoms with E-state index >= 15 is 0 Å². The van der Waals surface area contributed by atoms with Gasteiger partial charge in [0.2, 0.25) is 5.88 Å². The highest BCUT2D eigenvalue weighted by molar-refractivity contribution is 7.99. The standard InChI is InChI=1S/C31H33ClN4O4S/c1-2-3-4-5-17-36-27-16-15-25(41-18-7-8-21-11-13-22(14-12-21)30(38)39)20-26(27)28(29(36)37)34-35-31(40)33-24-10-6-9-23(32)19-24/h6,9-16,19-20,37H,2-5,7-8,17-18H2,1H3,(H,33,40)(H,38,39). The van der Waals surface area contributed by atoms with Crippen LogP contribution in [0.15, 0.2) is 81.9 Å². The lowest BCUT2D eigenvalue weighted by molar-refractivity contribution is 0.0697. The van der Waals surface area contributed by atoms with Crippen LogP contribution < -0.4 is 5.32 Å². The van der Waals surface area contributed by atoms with Crippen LogP contribution in [0.1, 0.15) is 54.9 Å². The van der Waals surface area contributed by atoms with Gasteiger partial charge in [0.25, 0.3) is 0 Å². The first-order valence-corrected chi connectivity index (χ1v) is 15.0. The summed E-state index contributed by atoms with van der Waals surface area (Å²) in [7, 11) is 0. The Morgan fingerprint density at radius 3 is 2.54 bits per heavy atom. The molecule has 4 aromatic rings. The molecule has 4 rings (SSSR count). The summed E-state index contributed by atoms with van der Waals surface area (Å²) in [5.74, 6) is -0.0823. The predicted molar refractivity (Wildman–Crippen MR) is 165 cm³/mol. The number of hydrogen-bond acceptors (Lipinski definition) is 5. The minimum atomic E-state index is -0.927. The number of aryl methyl sites for hydroxylation is 2. The smallest absolute Gasteiger partial charge is 0.364 e. The Morgan fingerprint density at radius 2 is 1.80 bits per heavy atom. The fourth-order valence-corrected chi connectivity index (χ4v) is 5.58. The van der Waals surface area contributed by atoms with Crippen molar-refractivity contribution in [3.8, 4) is 5.88 Å². The number of halogens is 1. The Kier molecular flexibility index (Phi) is 10.8. The SMILES string of the molecule is CCCCCCn1c(O)c(N=NC(=O)Nc2cccc(Cl)c2)c2cc(SCCCc3ccc(C(=O)O)cc3)ccc21. The number of aromatic hydroxyl groups is 1. The predicted octanol–water partition coefficient (Wildman–Crippen LogP) is 9.32. The number of rotatable bonds is 13. The first-order chi connectivity index (χ1) is 19.9. The first-order valence-electron chi connectivity index (χ1n) is 13.6. The molecule has 3 N–H and O–H groups in total. The second kappa shape index (κ2) is 14.7. The number of carboxylic acids is 1. The molecule has 0 saturated heterocycles. The van der Waals surface area contributed by atoms with Crippen molar-refractivity contribution in [3.05, 3.63) is 82.9 Å². The number of fused-ring (bicyclic) bond motifs is 1. The summed E-state index contributed by atoms with van der Waals surface area (Å²) in [6.07, 6.45) is 5.97. The summed E-state index contributed by atoms with van der Waals surface area (Å²) in [5, 5.41) is 32.0. The van der Waals surface area contributed by atoms with Crippen LogP contribution in [-0.4, -0.2) is 32.5 Å². The highest BCUT2D eigenvalue weighted by Crippen LogP contribution is 2.41. The second-order valence-corrected chi connectivity index (χ2v) is 11.3. The van der Waals surface area contributed by atoms with Gasteiger partial charge in [0.15, 0.2) is 5.69 Å². The van der Waals surface area contributed by atoms with Gasteiger partial charge in [-0.2, -0.15) is 0 Å². The van der Waals surface area contributed by atoms with Gasteiger partial charge in [0, 0.05) is 27.5 Å². The molecule has 0 fully saturated rings. The molecule has 1 aromatic heterocycles. The number of unbranched alkanes of at least 4 members (excludes halogenated alkanes) is 3. The summed E-state index contributed by atoms with van der Waals surface area (Å²) < 4.78 is 1.84. The number of thioether (sulfide) groups is 1. The van der Waals surface area contributed by atoms with Crippen molar-refractivity contribution < 1.29 is 19.8 Å². The van der Waals surface area contributed by atoms with E-state index in [1.807, 2.05) is 34.9 Å². The molecule has 0 unspecified atom stereocenters. The molecule has 8 nitrogen and oxygen atoms in total. The maximum Gasteiger partial charge on any atom is 0.364 e. The number of amides is 2. The molecule has 41 heavy (non-hydrogen) atoms. The topological polar surface area (TPSA) is 116 Å². The molecular formula is C31H33ClN4O4S. The van der Waals surface area contributed by atoms with Crippen LogP contribution in [-0.2, 0) is 13.0 Å². The molecule has 0 aliphatic rings. The highest BCUT2D eigenvalue weighted by Gasteiger charge is 2.18. The number of nitrogens with one attached hydrogen (secondary N) is 1. The Morgan fingerprint density at radius 1 is 1.00 bits per heavy atom. The Balaban J connectivity index is 1.49. The van der Waals surface area contributed by atoms with Crippen LogP contribution in [0.3, 0.4) is 0 Å². The molecule has 0 aliphatic heterocycles. The summed E-state index contributed by atoms with van der Waals surface area (Å²) in [6, 6.07) is 19.0. The van der Waals surface area contributed by atoms with Gasteiger partial charge in [-0.1, -0.05) is 61.1 Å². The monoisotopic (exact) mass is 592 g/mol. The second-order valence-electron chi connectivity index (χ2n) is 9.66. The number of urea groups is 1. The number of aromatic nitrogens is 1. The van der Waals surface area contributed by atoms with Gasteiger partial charge in [0.05, 0.1) is 11.1 Å². The number of aromatic carboxylic acids is 1. The fourth-order valence-electron chi connectivity index (χ4n) is 4.50. The van der Waals surface area contributed by atoms with E-state index in [0.29, 0.717) is 17.3 Å². The van der Waals surface area contributed by atoms with Gasteiger partial charge in [-0.05, 0) is 79.1 Å². The number of hydrogen-bond donors (Lipinski definition) is 3. The molecule has 1 heterocycles. The number of carbonyl (C=O) groups excluding carboxylic acids is 1. The van der Waals surface area contributed by atoms with Crippen LogP contribution in [0.2, 0.25) is 5.02 Å². The third-order valence-electron chi connectivity index (χ3n) is 6.61. The van der Waals surface area contributed by atoms with Crippen molar-refractivity contribution in [1.29, 1.82) is 0 Å². The normalized spacial score (nSPS) is 11.4. The Hall–Kier alpha value is -3.82. The van der Waals surface area contributed by atoms with Crippen molar-refractivity contribution in [2.45, 2.75) is 56.9 Å². The van der Waals surface area contributed by atoms with Crippen molar-refractivity contribution in [3.63, 3.8) is 0 Å². The summed E-state index contributed by atoms with van der Waals surface area (Å²) in [5.41, 5.74) is 2.98. The van der Waals surface area contributed by atoms with E-state index in [-0.39, 0.29) is 17.1 Å². The molecule has 0 aliphatic carbocycles. The van der Waals surface area contributed by atoms with E-state index < -0.39 is 12.0 Å². The van der Waals surface area contributed by atoms with Gasteiger partial charge >= 0.3 is 12.0 Å². The number of azo groups is 1. The van der Waals surface area contributed by atoms with E-state index in [4.69, 9.17) is 16.7 Å². The first kappa shape index (κ1) is 30.1. The Bertz CT molecular complexity index is 1540. The molecule has 0 saturated carbocycles. The lowest BCUT2D eigenvalue weighted by atomic mass is 10.1. The summed E-state index contributed by atoms with van der Waals surface area (Å²) in [4.78, 5) is 24.5. The molecule has 0 bridgehead atoms. The van der Waals surface area contributed by atoms with Crippen molar-refractivity contribution in [2.24, 2.45) is 10.2 Å². The number of carboxylic acid groups (broad SMARTS) is 1. The largest absolute Gasteiger partial charge is 0.493 e. The van der Waals surface area contributed by atoms with E-state index in [1.165, 1.54) is 0 Å². The number of anilines is 1. The molecule has 214 valence electrons. The van der Waals surface area contributed by atoms with Gasteiger partial charge in [0.1, 0.15) is 0 Å². The van der Waals surface area contributed by atoms with Gasteiger partial charge in [-0.25, -0.2) is 9.59 Å². The van der Waals surface area contributed by atoms with Gasteiger partial charge in [-0.15, -0.1) is 16.9 Å². The lowest BCUT2D eigenvalue weighted by Crippen LogP contribution is -2.04. The third-order valence-corrected chi connectivity index (χ3v) is 7.93. The minimum Gasteiger partial charge on any atom is -0.493 e. The number of benzene rings is 3. The van der Waals surface area contributed by atoms with Crippen LogP contribution in [0.5, 0.6) is 5.88 Å². The molecule has 3 aromatic carbocycles. The number of carbonyl (C=O) groups is 2. The quantitative estimate of drug-likeness (QED) is 0.0812. The van der Waals surface area contributed by atoms with Crippen molar-refractivity contribution >= 4 is 57.6 Å². The maximum absolute atomic E-state index is 12.5. The van der Waals surface area contributed by atoms with E-state index in [1.54, 1.807) is 48.2 Å². The average Bonchev–Trinajstić information content (AvgIpc) is 3.22. The molecule has 0 atom stereocenters. The third kappa shape index (κ3) is 8.34. The van der Waals surface area contributed by atoms with Crippen LogP contribution in [0.4, 0.5) is 16.2 Å². The molecule has 10 heteroatoms. The molecule has 0 radical (unpaired) electrons. The molecular weight excluding hydrogens is 560 g/mol. The summed E-state index contributed by atoms with van der Waals surface area (Å²) in [6.45, 7) is 2.80. The zero-order valence-electron chi connectivity index (χ0n) is 22.8. The Labute approximate surface area is 248 Å². The van der Waals surface area contributed by atoms with E-state index in [0.717, 1.165) is 65.6 Å². The van der Waals surface area contributed by atoms with Crippen molar-refractivity contribution in [1.82, 2.24) is 4.57 Å². The van der Waals surface area contributed by atoms with Crippen LogP contribution >= 0.6 is 23.4 Å². The summed E-state index contributed by atoms with van der Waals surface area (Å²) >= 11 is 7.69.